The third kappa shape index (κ3) is 4.51. The summed E-state index contributed by atoms with van der Waals surface area (Å²) in [6.07, 6.45) is 0. The second kappa shape index (κ2) is 8.02. The highest BCUT2D eigenvalue weighted by Crippen LogP contribution is 2.17. The van der Waals surface area contributed by atoms with E-state index in [9.17, 15) is 4.79 Å². The summed E-state index contributed by atoms with van der Waals surface area (Å²) in [5.74, 6) is 0.170. The molecule has 1 fully saturated rings. The number of amides is 1. The zero-order chi connectivity index (χ0) is 17.6. The van der Waals surface area contributed by atoms with Crippen LogP contribution in [0.1, 0.15) is 23.0 Å². The van der Waals surface area contributed by atoms with Gasteiger partial charge in [-0.1, -0.05) is 12.1 Å². The van der Waals surface area contributed by atoms with Gasteiger partial charge in [-0.2, -0.15) is 0 Å². The van der Waals surface area contributed by atoms with Gasteiger partial charge in [-0.25, -0.2) is 0 Å². The fourth-order valence-corrected chi connectivity index (χ4v) is 2.74. The molecule has 1 aliphatic rings. The Morgan fingerprint density at radius 3 is 2.64 bits per heavy atom. The number of hydrogen-bond donors (Lipinski definition) is 1. The highest BCUT2D eigenvalue weighted by Gasteiger charge is 2.15. The number of benzene rings is 1. The largest absolute Gasteiger partial charge is 0.476 e. The molecule has 134 valence electrons. The summed E-state index contributed by atoms with van der Waals surface area (Å²) in [4.78, 5) is 16.8. The van der Waals surface area contributed by atoms with Gasteiger partial charge in [0.2, 0.25) is 5.76 Å². The molecule has 1 saturated heterocycles. The number of ether oxygens (including phenoxy) is 1. The second-order valence-electron chi connectivity index (χ2n) is 6.10. The van der Waals surface area contributed by atoms with Crippen molar-refractivity contribution in [2.24, 2.45) is 0 Å². The summed E-state index contributed by atoms with van der Waals surface area (Å²) >= 11 is 0. The van der Waals surface area contributed by atoms with Crippen molar-refractivity contribution in [1.82, 2.24) is 15.4 Å². The van der Waals surface area contributed by atoms with E-state index in [0.29, 0.717) is 19.0 Å². The lowest BCUT2D eigenvalue weighted by Crippen LogP contribution is -2.44. The van der Waals surface area contributed by atoms with E-state index in [0.717, 1.165) is 31.7 Å². The minimum atomic E-state index is -0.304. The van der Waals surface area contributed by atoms with Gasteiger partial charge in [0.25, 0.3) is 11.8 Å². The van der Waals surface area contributed by atoms with E-state index >= 15 is 0 Å². The molecule has 7 heteroatoms. The standard InChI is InChI=1S/C18H24N4O3/c1-3-24-17-12-16(25-20-17)18(23)19-13-14-4-6-15(7-5-14)22-10-8-21(2)9-11-22/h4-7,12H,3,8-11,13H2,1-2H3,(H,19,23). The SMILES string of the molecule is CCOc1cc(C(=O)NCc2ccc(N3CCN(C)CC3)cc2)on1. The smallest absolute Gasteiger partial charge is 0.290 e. The maximum Gasteiger partial charge on any atom is 0.290 e. The Balaban J connectivity index is 1.52. The molecule has 1 aromatic heterocycles. The average Bonchev–Trinajstić information content (AvgIpc) is 3.10. The molecule has 2 aromatic rings. The number of rotatable bonds is 6. The second-order valence-corrected chi connectivity index (χ2v) is 6.10. The van der Waals surface area contributed by atoms with Gasteiger partial charge in [0.1, 0.15) is 0 Å². The van der Waals surface area contributed by atoms with Crippen molar-refractivity contribution in [2.75, 3.05) is 44.7 Å². The average molecular weight is 344 g/mol. The molecule has 0 atom stereocenters. The molecule has 1 aliphatic heterocycles. The Labute approximate surface area is 147 Å². The molecule has 1 amide bonds. The van der Waals surface area contributed by atoms with Crippen LogP contribution in [0.4, 0.5) is 5.69 Å². The monoisotopic (exact) mass is 344 g/mol. The van der Waals surface area contributed by atoms with Gasteiger partial charge in [-0.05, 0) is 36.8 Å². The van der Waals surface area contributed by atoms with Gasteiger partial charge in [-0.3, -0.25) is 4.79 Å². The van der Waals surface area contributed by atoms with Crippen LogP contribution in [-0.2, 0) is 6.54 Å². The number of nitrogens with zero attached hydrogens (tertiary/aromatic N) is 3. The van der Waals surface area contributed by atoms with E-state index in [4.69, 9.17) is 9.26 Å². The van der Waals surface area contributed by atoms with Crippen LogP contribution < -0.4 is 15.0 Å². The fraction of sp³-hybridized carbons (Fsp3) is 0.444. The van der Waals surface area contributed by atoms with Crippen LogP contribution in [0, 0.1) is 0 Å². The molecule has 2 heterocycles. The number of piperazine rings is 1. The van der Waals surface area contributed by atoms with E-state index in [1.165, 1.54) is 11.8 Å². The third-order valence-corrected chi connectivity index (χ3v) is 4.26. The van der Waals surface area contributed by atoms with E-state index in [1.807, 2.05) is 19.1 Å². The minimum Gasteiger partial charge on any atom is -0.476 e. The van der Waals surface area contributed by atoms with Crippen molar-refractivity contribution in [3.05, 3.63) is 41.7 Å². The van der Waals surface area contributed by atoms with Gasteiger partial charge in [-0.15, -0.1) is 0 Å². The molecule has 1 aromatic carbocycles. The first-order valence-corrected chi connectivity index (χ1v) is 8.56. The summed E-state index contributed by atoms with van der Waals surface area (Å²) in [7, 11) is 2.15. The van der Waals surface area contributed by atoms with Crippen molar-refractivity contribution in [2.45, 2.75) is 13.5 Å². The molecule has 25 heavy (non-hydrogen) atoms. The summed E-state index contributed by atoms with van der Waals surface area (Å²) in [6, 6.07) is 9.79. The van der Waals surface area contributed by atoms with E-state index in [1.54, 1.807) is 0 Å². The summed E-state index contributed by atoms with van der Waals surface area (Å²) in [5.41, 5.74) is 2.26. The summed E-state index contributed by atoms with van der Waals surface area (Å²) < 4.78 is 10.2. The van der Waals surface area contributed by atoms with Crippen LogP contribution >= 0.6 is 0 Å². The molecular weight excluding hydrogens is 320 g/mol. The maximum atomic E-state index is 12.1. The molecule has 0 unspecified atom stereocenters. The molecule has 0 bridgehead atoms. The first kappa shape index (κ1) is 17.3. The molecule has 7 nitrogen and oxygen atoms in total. The van der Waals surface area contributed by atoms with Crippen LogP contribution in [-0.4, -0.2) is 55.8 Å². The summed E-state index contributed by atoms with van der Waals surface area (Å²) in [6.45, 7) is 7.01. The molecule has 1 N–H and O–H groups in total. The normalized spacial score (nSPS) is 15.2. The highest BCUT2D eigenvalue weighted by molar-refractivity contribution is 5.91. The summed E-state index contributed by atoms with van der Waals surface area (Å²) in [5, 5.41) is 6.51. The lowest BCUT2D eigenvalue weighted by atomic mass is 10.1. The number of aromatic nitrogens is 1. The van der Waals surface area contributed by atoms with Crippen LogP contribution in [0.15, 0.2) is 34.9 Å². The maximum absolute atomic E-state index is 12.1. The number of likely N-dealkylation sites (N-methyl/N-ethyl adjacent to an activating group) is 1. The third-order valence-electron chi connectivity index (χ3n) is 4.26. The number of hydrogen-bond acceptors (Lipinski definition) is 6. The quantitative estimate of drug-likeness (QED) is 0.861. The molecule has 0 radical (unpaired) electrons. The fourth-order valence-electron chi connectivity index (χ4n) is 2.74. The zero-order valence-corrected chi connectivity index (χ0v) is 14.7. The van der Waals surface area contributed by atoms with Crippen molar-refractivity contribution in [3.63, 3.8) is 0 Å². The van der Waals surface area contributed by atoms with Crippen LogP contribution in [0.25, 0.3) is 0 Å². The Bertz CT molecular complexity index is 691. The lowest BCUT2D eigenvalue weighted by molar-refractivity contribution is 0.0913. The van der Waals surface area contributed by atoms with Crippen LogP contribution in [0.3, 0.4) is 0 Å². The van der Waals surface area contributed by atoms with Gasteiger partial charge >= 0.3 is 0 Å². The predicted molar refractivity (Wildman–Crippen MR) is 95.0 cm³/mol. The topological polar surface area (TPSA) is 70.8 Å². The van der Waals surface area contributed by atoms with Gasteiger partial charge in [0.15, 0.2) is 0 Å². The van der Waals surface area contributed by atoms with Crippen molar-refractivity contribution in [3.8, 4) is 5.88 Å². The number of anilines is 1. The van der Waals surface area contributed by atoms with E-state index in [-0.39, 0.29) is 11.7 Å². The van der Waals surface area contributed by atoms with Gasteiger partial charge < -0.3 is 24.4 Å². The number of carbonyl (C=O) groups is 1. The van der Waals surface area contributed by atoms with Gasteiger partial charge in [0, 0.05) is 38.4 Å². The van der Waals surface area contributed by atoms with Gasteiger partial charge in [0.05, 0.1) is 12.7 Å². The number of nitrogens with one attached hydrogen (secondary N) is 1. The number of carbonyl (C=O) groups excluding carboxylic acids is 1. The first-order chi connectivity index (χ1) is 12.2. The minimum absolute atomic E-state index is 0.150. The predicted octanol–water partition coefficient (Wildman–Crippen LogP) is 1.76. The Morgan fingerprint density at radius 1 is 1.24 bits per heavy atom. The highest BCUT2D eigenvalue weighted by atomic mass is 16.5. The molecule has 0 saturated carbocycles. The molecular formula is C18H24N4O3. The van der Waals surface area contributed by atoms with Crippen molar-refractivity contribution in [1.29, 1.82) is 0 Å². The first-order valence-electron chi connectivity index (χ1n) is 8.56. The molecule has 3 rings (SSSR count). The van der Waals surface area contributed by atoms with Crippen LogP contribution in [0.2, 0.25) is 0 Å². The van der Waals surface area contributed by atoms with Crippen molar-refractivity contribution < 1.29 is 14.1 Å². The van der Waals surface area contributed by atoms with E-state index in [2.05, 4.69) is 39.5 Å². The zero-order valence-electron chi connectivity index (χ0n) is 14.7. The van der Waals surface area contributed by atoms with E-state index < -0.39 is 0 Å². The molecule has 0 aliphatic carbocycles. The Morgan fingerprint density at radius 2 is 1.96 bits per heavy atom. The Hall–Kier alpha value is -2.54. The van der Waals surface area contributed by atoms with Crippen molar-refractivity contribution >= 4 is 11.6 Å². The lowest BCUT2D eigenvalue weighted by Gasteiger charge is -2.34. The Kier molecular flexibility index (Phi) is 5.55. The molecule has 0 spiro atoms. The van der Waals surface area contributed by atoms with Crippen LogP contribution in [0.5, 0.6) is 5.88 Å².